The zero-order valence-electron chi connectivity index (χ0n) is 23.5. The van der Waals surface area contributed by atoms with Crippen molar-refractivity contribution in [1.29, 1.82) is 5.26 Å². The van der Waals surface area contributed by atoms with E-state index in [4.69, 9.17) is 9.47 Å². The van der Waals surface area contributed by atoms with Gasteiger partial charge in [-0.15, -0.1) is 11.3 Å². The van der Waals surface area contributed by atoms with Gasteiger partial charge >= 0.3 is 11.9 Å². The minimum Gasteiger partial charge on any atom is -0.494 e. The number of ether oxygens (including phenoxy) is 2. The molecule has 42 heavy (non-hydrogen) atoms. The molecular weight excluding hydrogens is 554 g/mol. The van der Waals surface area contributed by atoms with Crippen molar-refractivity contribution in [3.05, 3.63) is 85.8 Å². The van der Waals surface area contributed by atoms with Crippen LogP contribution in [0.2, 0.25) is 0 Å². The summed E-state index contributed by atoms with van der Waals surface area (Å²) in [5.41, 5.74) is 2.96. The molecule has 2 aromatic carbocycles. The molecule has 0 saturated heterocycles. The quantitative estimate of drug-likeness (QED) is 0.182. The van der Waals surface area contributed by atoms with Crippen LogP contribution in [0.5, 0.6) is 5.75 Å². The lowest BCUT2D eigenvalue weighted by atomic mass is 10.1. The van der Waals surface area contributed by atoms with Gasteiger partial charge in [0, 0.05) is 17.9 Å². The zero-order chi connectivity index (χ0) is 30.1. The molecule has 218 valence electrons. The first-order chi connectivity index (χ1) is 20.4. The van der Waals surface area contributed by atoms with Gasteiger partial charge in [-0.3, -0.25) is 14.2 Å². The highest BCUT2D eigenvalue weighted by molar-refractivity contribution is 7.07. The number of nitriles is 1. The molecule has 1 N–H and O–H groups in total. The van der Waals surface area contributed by atoms with Crippen molar-refractivity contribution in [2.75, 3.05) is 24.7 Å². The number of aliphatic carboxylic acids is 1. The molecule has 1 aromatic heterocycles. The maximum absolute atomic E-state index is 13.2. The molecule has 0 bridgehead atoms. The van der Waals surface area contributed by atoms with Crippen molar-refractivity contribution in [3.8, 4) is 11.8 Å². The number of unbranched alkanes of at least 4 members (excludes halogenated alkanes) is 3. The fourth-order valence-electron chi connectivity index (χ4n) is 4.74. The normalized spacial score (nSPS) is 13.3. The molecule has 0 unspecified atom stereocenters. The van der Waals surface area contributed by atoms with Crippen LogP contribution >= 0.6 is 11.3 Å². The second kappa shape index (κ2) is 14.3. The smallest absolute Gasteiger partial charge is 0.352 e. The predicted molar refractivity (Wildman–Crippen MR) is 162 cm³/mol. The van der Waals surface area contributed by atoms with Crippen LogP contribution in [0.15, 0.2) is 59.9 Å². The number of carboxylic acid groups (broad SMARTS) is 1. The number of carbonyl (C=O) groups is 2. The van der Waals surface area contributed by atoms with Gasteiger partial charge in [0.25, 0.3) is 5.56 Å². The molecule has 0 aliphatic carbocycles. The van der Waals surface area contributed by atoms with Gasteiger partial charge in [-0.05, 0) is 66.4 Å². The Labute approximate surface area is 247 Å². The van der Waals surface area contributed by atoms with E-state index >= 15 is 0 Å². The van der Waals surface area contributed by atoms with Gasteiger partial charge in [-0.2, -0.15) is 5.26 Å². The largest absolute Gasteiger partial charge is 0.494 e. The van der Waals surface area contributed by atoms with Crippen molar-refractivity contribution >= 4 is 46.3 Å². The Morgan fingerprint density at radius 2 is 1.95 bits per heavy atom. The highest BCUT2D eigenvalue weighted by Crippen LogP contribution is 2.35. The number of anilines is 2. The number of nitrogens with zero attached hydrogens (tertiary/aromatic N) is 3. The second-order valence-electron chi connectivity index (χ2n) is 9.77. The van der Waals surface area contributed by atoms with Crippen molar-refractivity contribution in [2.45, 2.75) is 45.6 Å². The van der Waals surface area contributed by atoms with Crippen LogP contribution in [0.4, 0.5) is 11.4 Å². The molecule has 0 radical (unpaired) electrons. The molecule has 0 saturated carbocycles. The Kier molecular flexibility index (Phi) is 10.3. The van der Waals surface area contributed by atoms with Crippen LogP contribution in [0.3, 0.4) is 0 Å². The summed E-state index contributed by atoms with van der Waals surface area (Å²) in [6.45, 7) is 6.36. The number of esters is 1. The molecule has 2 heterocycles. The Morgan fingerprint density at radius 3 is 2.64 bits per heavy atom. The maximum atomic E-state index is 13.2. The van der Waals surface area contributed by atoms with Crippen molar-refractivity contribution < 1.29 is 24.2 Å². The first-order valence-electron chi connectivity index (χ1n) is 13.8. The van der Waals surface area contributed by atoms with E-state index in [2.05, 4.69) is 30.5 Å². The summed E-state index contributed by atoms with van der Waals surface area (Å²) < 4.78 is 11.9. The van der Waals surface area contributed by atoms with Gasteiger partial charge in [0.2, 0.25) is 0 Å². The van der Waals surface area contributed by atoms with Gasteiger partial charge in [-0.25, -0.2) is 4.79 Å². The van der Waals surface area contributed by atoms with Gasteiger partial charge in [0.15, 0.2) is 5.57 Å². The van der Waals surface area contributed by atoms with Crippen molar-refractivity contribution in [3.63, 3.8) is 0 Å². The summed E-state index contributed by atoms with van der Waals surface area (Å²) in [5, 5.41) is 19.0. The fraction of sp³-hybridized carbons (Fsp3) is 0.312. The number of rotatable bonds is 13. The highest BCUT2D eigenvalue weighted by Gasteiger charge is 2.21. The Balaban J connectivity index is 1.60. The third kappa shape index (κ3) is 7.17. The van der Waals surface area contributed by atoms with Crippen LogP contribution in [0.1, 0.15) is 43.7 Å². The van der Waals surface area contributed by atoms with E-state index in [9.17, 15) is 24.8 Å². The van der Waals surface area contributed by atoms with Crippen molar-refractivity contribution in [2.24, 2.45) is 0 Å². The SMILES string of the molecule is C=CCOC(=O)C(C#N)=c1sc(=Cc2ccc3c(c2)CCN3c2ccc(OCCCCCC)cc2)c(=O)n1CC(=O)O. The lowest BCUT2D eigenvalue weighted by molar-refractivity contribution is -0.138. The molecule has 10 heteroatoms. The Hall–Kier alpha value is -4.62. The predicted octanol–water partition coefficient (Wildman–Crippen LogP) is 3.88. The first kappa shape index (κ1) is 30.3. The van der Waals surface area contributed by atoms with Gasteiger partial charge in [-0.1, -0.05) is 44.9 Å². The topological polar surface area (TPSA) is 122 Å². The van der Waals surface area contributed by atoms with Crippen LogP contribution in [-0.2, 0) is 27.3 Å². The van der Waals surface area contributed by atoms with Gasteiger partial charge in [0.1, 0.15) is 29.6 Å². The lowest BCUT2D eigenvalue weighted by Crippen LogP contribution is -2.35. The molecule has 0 atom stereocenters. The monoisotopic (exact) mass is 587 g/mol. The van der Waals surface area contributed by atoms with Crippen LogP contribution in [-0.4, -0.2) is 41.4 Å². The minimum absolute atomic E-state index is 0.0640. The van der Waals surface area contributed by atoms with Gasteiger partial charge in [0.05, 0.1) is 11.1 Å². The summed E-state index contributed by atoms with van der Waals surface area (Å²) in [7, 11) is 0. The number of hydrogen-bond donors (Lipinski definition) is 1. The molecule has 0 spiro atoms. The molecule has 4 rings (SSSR count). The molecule has 0 fully saturated rings. The number of hydrogen-bond acceptors (Lipinski definition) is 8. The van der Waals surface area contributed by atoms with Crippen molar-refractivity contribution in [1.82, 2.24) is 4.57 Å². The molecule has 9 nitrogen and oxygen atoms in total. The fourth-order valence-corrected chi connectivity index (χ4v) is 5.83. The van der Waals surface area contributed by atoms with E-state index in [1.54, 1.807) is 12.1 Å². The standard InChI is InChI=1S/C32H33N3O6S/c1-3-5-6-7-17-40-25-11-9-24(10-12-25)34-15-14-23-18-22(8-13-27(23)34)19-28-30(38)35(21-29(36)37)31(42-28)26(20-33)32(39)41-16-4-2/h4,8-13,18-19H,2-3,5-7,14-17,21H2,1H3,(H,36,37). The summed E-state index contributed by atoms with van der Waals surface area (Å²) in [4.78, 5) is 39.3. The number of fused-ring (bicyclic) bond motifs is 1. The number of benzene rings is 2. The summed E-state index contributed by atoms with van der Waals surface area (Å²) in [6.07, 6.45) is 8.45. The van der Waals surface area contributed by atoms with E-state index in [1.165, 1.54) is 25.3 Å². The first-order valence-corrected chi connectivity index (χ1v) is 14.7. The maximum Gasteiger partial charge on any atom is 0.352 e. The molecular formula is C32H33N3O6S. The summed E-state index contributed by atoms with van der Waals surface area (Å²) in [6, 6.07) is 15.7. The Morgan fingerprint density at radius 1 is 1.17 bits per heavy atom. The van der Waals surface area contributed by atoms with E-state index in [-0.39, 0.29) is 15.8 Å². The van der Waals surface area contributed by atoms with Crippen LogP contribution in [0, 0.1) is 11.3 Å². The molecule has 3 aromatic rings. The average molecular weight is 588 g/mol. The molecule has 1 aliphatic heterocycles. The number of carboxylic acids is 1. The van der Waals surface area contributed by atoms with E-state index in [0.717, 1.165) is 63.5 Å². The lowest BCUT2D eigenvalue weighted by Gasteiger charge is -2.20. The third-order valence-corrected chi connectivity index (χ3v) is 7.91. The van der Waals surface area contributed by atoms with Crippen LogP contribution < -0.4 is 24.4 Å². The second-order valence-corrected chi connectivity index (χ2v) is 10.8. The zero-order valence-corrected chi connectivity index (χ0v) is 24.3. The Bertz CT molecular complexity index is 1680. The van der Waals surface area contributed by atoms with Gasteiger partial charge < -0.3 is 19.5 Å². The minimum atomic E-state index is -1.27. The van der Waals surface area contributed by atoms with Crippen LogP contribution in [0.25, 0.3) is 11.6 Å². The van der Waals surface area contributed by atoms with E-state index < -0.39 is 29.6 Å². The highest BCUT2D eigenvalue weighted by atomic mass is 32.1. The summed E-state index contributed by atoms with van der Waals surface area (Å²) in [5.74, 6) is -1.37. The number of thiazole rings is 1. The molecule has 0 amide bonds. The van der Waals surface area contributed by atoms with E-state index in [0.29, 0.717) is 6.61 Å². The average Bonchev–Trinajstić information content (AvgIpc) is 3.53. The third-order valence-electron chi connectivity index (χ3n) is 6.78. The number of carbonyl (C=O) groups excluding carboxylic acids is 1. The number of aromatic nitrogens is 1. The summed E-state index contributed by atoms with van der Waals surface area (Å²) >= 11 is 0.882. The van der Waals surface area contributed by atoms with E-state index in [1.807, 2.05) is 30.3 Å². The molecule has 1 aliphatic rings.